The fourth-order valence-electron chi connectivity index (χ4n) is 2.89. The lowest BCUT2D eigenvalue weighted by Crippen LogP contribution is -2.49. The number of nitrogens with one attached hydrogen (secondary N) is 2. The summed E-state index contributed by atoms with van der Waals surface area (Å²) in [6.07, 6.45) is 5.44. The predicted molar refractivity (Wildman–Crippen MR) is 81.8 cm³/mol. The van der Waals surface area contributed by atoms with Crippen LogP contribution in [0.3, 0.4) is 0 Å². The maximum Gasteiger partial charge on any atom is 0.336 e. The van der Waals surface area contributed by atoms with E-state index in [9.17, 15) is 9.59 Å². The van der Waals surface area contributed by atoms with Crippen molar-refractivity contribution in [2.45, 2.75) is 51.5 Å². The van der Waals surface area contributed by atoms with Gasteiger partial charge >= 0.3 is 12.0 Å². The Labute approximate surface area is 124 Å². The van der Waals surface area contributed by atoms with E-state index in [1.165, 1.54) is 12.5 Å². The zero-order valence-electron chi connectivity index (χ0n) is 12.5. The topological polar surface area (TPSA) is 78.4 Å². The monoisotopic (exact) mass is 290 g/mol. The Morgan fingerprint density at radius 1 is 1.19 bits per heavy atom. The van der Waals surface area contributed by atoms with E-state index >= 15 is 0 Å². The summed E-state index contributed by atoms with van der Waals surface area (Å²) < 4.78 is 0. The van der Waals surface area contributed by atoms with Crippen molar-refractivity contribution in [3.05, 3.63) is 29.3 Å². The second-order valence-electron chi connectivity index (χ2n) is 5.98. The van der Waals surface area contributed by atoms with Crippen LogP contribution in [0.1, 0.15) is 54.9 Å². The van der Waals surface area contributed by atoms with E-state index in [1.54, 1.807) is 19.1 Å². The van der Waals surface area contributed by atoms with Crippen molar-refractivity contribution in [2.24, 2.45) is 0 Å². The van der Waals surface area contributed by atoms with Gasteiger partial charge in [-0.1, -0.05) is 25.3 Å². The molecule has 0 atom stereocenters. The quantitative estimate of drug-likeness (QED) is 0.796. The Hall–Kier alpha value is -2.04. The Balaban J connectivity index is 2.06. The molecule has 1 aromatic rings. The summed E-state index contributed by atoms with van der Waals surface area (Å²) in [5, 5.41) is 14.9. The van der Waals surface area contributed by atoms with Crippen molar-refractivity contribution < 1.29 is 14.7 Å². The highest BCUT2D eigenvalue weighted by Crippen LogP contribution is 2.27. The average molecular weight is 290 g/mol. The van der Waals surface area contributed by atoms with Gasteiger partial charge in [-0.2, -0.15) is 0 Å². The summed E-state index contributed by atoms with van der Waals surface area (Å²) in [5.74, 6) is -0.990. The molecule has 2 rings (SSSR count). The molecule has 0 radical (unpaired) electrons. The van der Waals surface area contributed by atoms with Gasteiger partial charge in [-0.05, 0) is 44.4 Å². The first kappa shape index (κ1) is 15.4. The summed E-state index contributed by atoms with van der Waals surface area (Å²) in [7, 11) is 0. The summed E-state index contributed by atoms with van der Waals surface area (Å²) in [6, 6.07) is 4.60. The normalized spacial score (nSPS) is 17.0. The van der Waals surface area contributed by atoms with Crippen LogP contribution >= 0.6 is 0 Å². The first-order valence-corrected chi connectivity index (χ1v) is 7.33. The van der Waals surface area contributed by atoms with Crippen molar-refractivity contribution in [2.75, 3.05) is 5.32 Å². The van der Waals surface area contributed by atoms with Crippen LogP contribution in [0.4, 0.5) is 10.5 Å². The average Bonchev–Trinajstić information content (AvgIpc) is 2.41. The molecule has 0 saturated heterocycles. The molecule has 0 aromatic heterocycles. The molecule has 0 spiro atoms. The molecule has 1 aliphatic rings. The van der Waals surface area contributed by atoms with Crippen LogP contribution < -0.4 is 10.6 Å². The first-order valence-electron chi connectivity index (χ1n) is 7.33. The lowest BCUT2D eigenvalue weighted by molar-refractivity contribution is 0.0696. The number of anilines is 1. The Kier molecular flexibility index (Phi) is 4.50. The van der Waals surface area contributed by atoms with Crippen LogP contribution in [-0.4, -0.2) is 22.6 Å². The largest absolute Gasteiger partial charge is 0.478 e. The second-order valence-corrected chi connectivity index (χ2v) is 5.98. The summed E-state index contributed by atoms with van der Waals surface area (Å²) in [4.78, 5) is 23.2. The molecule has 21 heavy (non-hydrogen) atoms. The molecule has 114 valence electrons. The Bertz CT molecular complexity index is 548. The highest BCUT2D eigenvalue weighted by molar-refractivity contribution is 5.95. The van der Waals surface area contributed by atoms with Gasteiger partial charge in [-0.15, -0.1) is 0 Å². The van der Waals surface area contributed by atoms with Crippen molar-refractivity contribution in [3.8, 4) is 0 Å². The van der Waals surface area contributed by atoms with Crippen LogP contribution in [0.2, 0.25) is 0 Å². The van der Waals surface area contributed by atoms with Crippen LogP contribution in [0.25, 0.3) is 0 Å². The molecule has 0 aliphatic heterocycles. The van der Waals surface area contributed by atoms with Crippen molar-refractivity contribution in [3.63, 3.8) is 0 Å². The third-order valence-electron chi connectivity index (χ3n) is 4.18. The lowest BCUT2D eigenvalue weighted by atomic mass is 9.83. The van der Waals surface area contributed by atoms with Crippen LogP contribution in [0.15, 0.2) is 18.2 Å². The Morgan fingerprint density at radius 3 is 2.48 bits per heavy atom. The van der Waals surface area contributed by atoms with E-state index in [1.807, 2.05) is 0 Å². The number of carboxylic acids is 1. The van der Waals surface area contributed by atoms with Crippen LogP contribution in [0.5, 0.6) is 0 Å². The van der Waals surface area contributed by atoms with E-state index in [-0.39, 0.29) is 17.1 Å². The fourth-order valence-corrected chi connectivity index (χ4v) is 2.89. The molecule has 0 unspecified atom stereocenters. The number of urea groups is 1. The highest BCUT2D eigenvalue weighted by atomic mass is 16.4. The molecule has 5 heteroatoms. The molecule has 0 heterocycles. The molecule has 0 bridgehead atoms. The summed E-state index contributed by atoms with van der Waals surface area (Å²) >= 11 is 0. The predicted octanol–water partition coefficient (Wildman–Crippen LogP) is 3.54. The highest BCUT2D eigenvalue weighted by Gasteiger charge is 2.28. The minimum atomic E-state index is -0.990. The Morgan fingerprint density at radius 2 is 1.86 bits per heavy atom. The molecule has 1 saturated carbocycles. The second kappa shape index (κ2) is 6.16. The first-order chi connectivity index (χ1) is 9.91. The molecule has 1 fully saturated rings. The number of amides is 2. The van der Waals surface area contributed by atoms with Crippen molar-refractivity contribution in [1.82, 2.24) is 5.32 Å². The smallest absolute Gasteiger partial charge is 0.336 e. The van der Waals surface area contributed by atoms with Gasteiger partial charge in [-0.25, -0.2) is 9.59 Å². The third-order valence-corrected chi connectivity index (χ3v) is 4.18. The van der Waals surface area contributed by atoms with Gasteiger partial charge in [0.1, 0.15) is 0 Å². The number of rotatable bonds is 3. The van der Waals surface area contributed by atoms with Crippen LogP contribution in [-0.2, 0) is 0 Å². The van der Waals surface area contributed by atoms with Gasteiger partial charge in [0.05, 0.1) is 5.56 Å². The maximum absolute atomic E-state index is 12.1. The zero-order chi connectivity index (χ0) is 15.5. The molecule has 3 N–H and O–H groups in total. The molecular weight excluding hydrogens is 268 g/mol. The minimum absolute atomic E-state index is 0.166. The van der Waals surface area contributed by atoms with E-state index in [0.29, 0.717) is 11.3 Å². The van der Waals surface area contributed by atoms with Crippen molar-refractivity contribution in [1.29, 1.82) is 0 Å². The number of hydrogen-bond acceptors (Lipinski definition) is 2. The van der Waals surface area contributed by atoms with E-state index in [2.05, 4.69) is 17.6 Å². The molecule has 2 amide bonds. The fraction of sp³-hybridized carbons (Fsp3) is 0.500. The number of carboxylic acid groups (broad SMARTS) is 1. The molecule has 1 aliphatic carbocycles. The van der Waals surface area contributed by atoms with Crippen LogP contribution in [0, 0.1) is 6.92 Å². The van der Waals surface area contributed by atoms with Gasteiger partial charge < -0.3 is 15.7 Å². The maximum atomic E-state index is 12.1. The molecular formula is C16H22N2O3. The van der Waals surface area contributed by atoms with E-state index < -0.39 is 5.97 Å². The number of aromatic carboxylic acids is 1. The minimum Gasteiger partial charge on any atom is -0.478 e. The van der Waals surface area contributed by atoms with Crippen molar-refractivity contribution >= 4 is 17.7 Å². The van der Waals surface area contributed by atoms with E-state index in [4.69, 9.17) is 5.11 Å². The lowest BCUT2D eigenvalue weighted by Gasteiger charge is -2.34. The number of hydrogen-bond donors (Lipinski definition) is 3. The summed E-state index contributed by atoms with van der Waals surface area (Å²) in [6.45, 7) is 3.76. The van der Waals surface area contributed by atoms with Gasteiger partial charge in [0.2, 0.25) is 0 Å². The SMILES string of the molecule is Cc1c(NC(=O)NC2(C)CCCCC2)cccc1C(=O)O. The zero-order valence-corrected chi connectivity index (χ0v) is 12.5. The molecule has 5 nitrogen and oxygen atoms in total. The molecule has 1 aromatic carbocycles. The number of carbonyl (C=O) groups is 2. The third kappa shape index (κ3) is 3.74. The van der Waals surface area contributed by atoms with Gasteiger partial charge in [0, 0.05) is 11.2 Å². The summed E-state index contributed by atoms with van der Waals surface area (Å²) in [5.41, 5.74) is 1.14. The van der Waals surface area contributed by atoms with Gasteiger partial charge in [-0.3, -0.25) is 0 Å². The standard InChI is InChI=1S/C16H22N2O3/c1-11-12(14(19)20)7-6-8-13(11)17-15(21)18-16(2)9-4-3-5-10-16/h6-8H,3-5,9-10H2,1-2H3,(H,19,20)(H2,17,18,21). The van der Waals surface area contributed by atoms with Gasteiger partial charge in [0.25, 0.3) is 0 Å². The van der Waals surface area contributed by atoms with Gasteiger partial charge in [0.15, 0.2) is 0 Å². The number of benzene rings is 1. The number of carbonyl (C=O) groups excluding carboxylic acids is 1. The van der Waals surface area contributed by atoms with E-state index in [0.717, 1.165) is 25.7 Å².